The van der Waals surface area contributed by atoms with Gasteiger partial charge in [0.2, 0.25) is 0 Å². The summed E-state index contributed by atoms with van der Waals surface area (Å²) in [6.45, 7) is 3.96. The summed E-state index contributed by atoms with van der Waals surface area (Å²) >= 11 is 4.36. The molecule has 2 rings (SSSR count). The fourth-order valence-corrected chi connectivity index (χ4v) is 2.70. The second-order valence-electron chi connectivity index (χ2n) is 5.09. The van der Waals surface area contributed by atoms with Gasteiger partial charge in [-0.3, -0.25) is 14.7 Å². The van der Waals surface area contributed by atoms with Crippen LogP contribution >= 0.6 is 12.6 Å². The maximum absolute atomic E-state index is 12.0. The highest BCUT2D eigenvalue weighted by molar-refractivity contribution is 7.80. The molecule has 0 atom stereocenters. The van der Waals surface area contributed by atoms with Crippen molar-refractivity contribution in [2.24, 2.45) is 5.41 Å². The Bertz CT molecular complexity index is 535. The number of hydrogen-bond acceptors (Lipinski definition) is 3. The Morgan fingerprint density at radius 1 is 1.29 bits per heavy atom. The number of nitrogens with one attached hydrogen (secondary N) is 1. The molecule has 0 unspecified atom stereocenters. The van der Waals surface area contributed by atoms with Crippen molar-refractivity contribution in [3.05, 3.63) is 31.8 Å². The molecular weight excluding hydrogens is 236 g/mol. The third-order valence-electron chi connectivity index (χ3n) is 3.95. The van der Waals surface area contributed by atoms with Crippen molar-refractivity contribution in [3.63, 3.8) is 0 Å². The average molecular weight is 254 g/mol. The fourth-order valence-electron chi connectivity index (χ4n) is 2.28. The van der Waals surface area contributed by atoms with Crippen molar-refractivity contribution in [2.75, 3.05) is 5.75 Å². The smallest absolute Gasteiger partial charge is 0.268 e. The van der Waals surface area contributed by atoms with E-state index in [9.17, 15) is 9.59 Å². The quantitative estimate of drug-likeness (QED) is 0.798. The monoisotopic (exact) mass is 254 g/mol. The molecule has 1 aliphatic carbocycles. The zero-order valence-electron chi connectivity index (χ0n) is 10.2. The minimum atomic E-state index is -0.171. The van der Waals surface area contributed by atoms with E-state index in [0.717, 1.165) is 18.6 Å². The van der Waals surface area contributed by atoms with Crippen molar-refractivity contribution in [3.8, 4) is 0 Å². The molecule has 0 bridgehead atoms. The minimum absolute atomic E-state index is 0.0878. The molecule has 0 aliphatic heterocycles. The summed E-state index contributed by atoms with van der Waals surface area (Å²) in [5.74, 6) is 0.758. The van der Waals surface area contributed by atoms with E-state index in [4.69, 9.17) is 0 Å². The van der Waals surface area contributed by atoms with Crippen LogP contribution in [0.2, 0.25) is 0 Å². The maximum Gasteiger partial charge on any atom is 0.268 e. The third kappa shape index (κ3) is 2.08. The van der Waals surface area contributed by atoms with Crippen LogP contribution in [0.25, 0.3) is 0 Å². The number of nitrogens with zero attached hydrogens (tertiary/aromatic N) is 1. The summed E-state index contributed by atoms with van der Waals surface area (Å²) in [5.41, 5.74) is 0.894. The maximum atomic E-state index is 12.0. The Balaban J connectivity index is 2.40. The first-order chi connectivity index (χ1) is 7.99. The largest absolute Gasteiger partial charge is 0.268 e. The lowest BCUT2D eigenvalue weighted by Gasteiger charge is -2.40. The van der Waals surface area contributed by atoms with E-state index in [-0.39, 0.29) is 16.5 Å². The number of aromatic amines is 1. The molecule has 94 valence electrons. The highest BCUT2D eigenvalue weighted by atomic mass is 32.1. The van der Waals surface area contributed by atoms with Crippen molar-refractivity contribution >= 4 is 12.6 Å². The lowest BCUT2D eigenvalue weighted by atomic mass is 9.70. The van der Waals surface area contributed by atoms with Crippen LogP contribution in [0.1, 0.15) is 30.4 Å². The van der Waals surface area contributed by atoms with Crippen molar-refractivity contribution in [1.29, 1.82) is 0 Å². The number of hydrogen-bond donors (Lipinski definition) is 2. The zero-order chi connectivity index (χ0) is 12.6. The highest BCUT2D eigenvalue weighted by Crippen LogP contribution is 2.42. The molecule has 1 aliphatic rings. The SMILES string of the molecule is Cc1c(C)c(=O)n(CC2(CS)CCC2)[nH]c1=O. The molecule has 0 aromatic carbocycles. The lowest BCUT2D eigenvalue weighted by molar-refractivity contribution is 0.129. The fraction of sp³-hybridized carbons (Fsp3) is 0.667. The van der Waals surface area contributed by atoms with Gasteiger partial charge in [0.25, 0.3) is 11.1 Å². The average Bonchev–Trinajstić information content (AvgIpc) is 2.27. The van der Waals surface area contributed by atoms with Crippen molar-refractivity contribution in [2.45, 2.75) is 39.7 Å². The number of aromatic nitrogens is 2. The van der Waals surface area contributed by atoms with Crippen LogP contribution in [0.15, 0.2) is 9.59 Å². The van der Waals surface area contributed by atoms with Crippen LogP contribution in [0, 0.1) is 19.3 Å². The number of H-pyrrole nitrogens is 1. The van der Waals surface area contributed by atoms with E-state index >= 15 is 0 Å². The molecule has 0 amide bonds. The first-order valence-electron chi connectivity index (χ1n) is 5.90. The zero-order valence-corrected chi connectivity index (χ0v) is 11.1. The van der Waals surface area contributed by atoms with Gasteiger partial charge >= 0.3 is 0 Å². The van der Waals surface area contributed by atoms with Crippen LogP contribution in [-0.4, -0.2) is 15.5 Å². The van der Waals surface area contributed by atoms with Gasteiger partial charge in [-0.05, 0) is 37.9 Å². The minimum Gasteiger partial charge on any atom is -0.268 e. The second kappa shape index (κ2) is 4.37. The van der Waals surface area contributed by atoms with E-state index < -0.39 is 0 Å². The number of rotatable bonds is 3. The van der Waals surface area contributed by atoms with E-state index in [2.05, 4.69) is 17.7 Å². The van der Waals surface area contributed by atoms with Gasteiger partial charge in [-0.1, -0.05) is 6.42 Å². The Kier molecular flexibility index (Phi) is 3.21. The summed E-state index contributed by atoms with van der Waals surface area (Å²) in [5, 5.41) is 2.66. The highest BCUT2D eigenvalue weighted by Gasteiger charge is 2.36. The Morgan fingerprint density at radius 2 is 1.94 bits per heavy atom. The summed E-state index contributed by atoms with van der Waals surface area (Å²) < 4.78 is 1.46. The van der Waals surface area contributed by atoms with E-state index in [1.54, 1.807) is 13.8 Å². The van der Waals surface area contributed by atoms with E-state index in [1.165, 1.54) is 11.1 Å². The van der Waals surface area contributed by atoms with Gasteiger partial charge < -0.3 is 0 Å². The Labute approximate surface area is 105 Å². The predicted octanol–water partition coefficient (Wildman–Crippen LogP) is 1.25. The summed E-state index contributed by atoms with van der Waals surface area (Å²) in [4.78, 5) is 23.7. The normalized spacial score (nSPS) is 17.8. The number of thiol groups is 1. The molecule has 1 saturated carbocycles. The van der Waals surface area contributed by atoms with Crippen LogP contribution in [-0.2, 0) is 6.54 Å². The van der Waals surface area contributed by atoms with Crippen LogP contribution in [0.4, 0.5) is 0 Å². The topological polar surface area (TPSA) is 54.9 Å². The van der Waals surface area contributed by atoms with Crippen molar-refractivity contribution < 1.29 is 0 Å². The summed E-state index contributed by atoms with van der Waals surface area (Å²) in [6, 6.07) is 0. The molecule has 4 nitrogen and oxygen atoms in total. The predicted molar refractivity (Wildman–Crippen MR) is 70.9 cm³/mol. The van der Waals surface area contributed by atoms with Crippen molar-refractivity contribution in [1.82, 2.24) is 9.78 Å². The molecule has 17 heavy (non-hydrogen) atoms. The van der Waals surface area contributed by atoms with Gasteiger partial charge in [0.05, 0.1) is 0 Å². The first-order valence-corrected chi connectivity index (χ1v) is 6.53. The van der Waals surface area contributed by atoms with Gasteiger partial charge in [-0.2, -0.15) is 12.6 Å². The third-order valence-corrected chi connectivity index (χ3v) is 4.62. The Hall–Kier alpha value is -0.970. The molecule has 1 aromatic rings. The Morgan fingerprint density at radius 3 is 2.41 bits per heavy atom. The molecular formula is C12H18N2O2S. The van der Waals surface area contributed by atoms with Crippen LogP contribution in [0.5, 0.6) is 0 Å². The molecule has 0 radical (unpaired) electrons. The molecule has 1 fully saturated rings. The van der Waals surface area contributed by atoms with Gasteiger partial charge in [0, 0.05) is 17.7 Å². The van der Waals surface area contributed by atoms with Gasteiger partial charge in [-0.15, -0.1) is 0 Å². The molecule has 1 aromatic heterocycles. The van der Waals surface area contributed by atoms with Crippen LogP contribution < -0.4 is 11.1 Å². The van der Waals surface area contributed by atoms with Gasteiger partial charge in [-0.25, -0.2) is 4.68 Å². The summed E-state index contributed by atoms with van der Waals surface area (Å²) in [7, 11) is 0. The molecule has 1 N–H and O–H groups in total. The van der Waals surface area contributed by atoms with E-state index in [0.29, 0.717) is 17.7 Å². The van der Waals surface area contributed by atoms with Gasteiger partial charge in [0.15, 0.2) is 0 Å². The van der Waals surface area contributed by atoms with E-state index in [1.807, 2.05) is 0 Å². The second-order valence-corrected chi connectivity index (χ2v) is 5.41. The van der Waals surface area contributed by atoms with Gasteiger partial charge in [0.1, 0.15) is 0 Å². The molecule has 0 saturated heterocycles. The molecule has 5 heteroatoms. The molecule has 0 spiro atoms. The molecule has 1 heterocycles. The first kappa shape index (κ1) is 12.5. The summed E-state index contributed by atoms with van der Waals surface area (Å²) in [6.07, 6.45) is 3.35. The van der Waals surface area contributed by atoms with Crippen LogP contribution in [0.3, 0.4) is 0 Å². The lowest BCUT2D eigenvalue weighted by Crippen LogP contribution is -2.43. The standard InChI is InChI=1S/C12H18N2O2S/c1-8-9(2)11(16)14(13-10(8)15)6-12(7-17)4-3-5-12/h17H,3-7H2,1-2H3,(H,13,15).